The average Bonchev–Trinajstić information content (AvgIpc) is 2.82. The van der Waals surface area contributed by atoms with Gasteiger partial charge in [-0.15, -0.1) is 0 Å². The molecular weight excluding hydrogens is 254 g/mol. The molecule has 1 aliphatic heterocycles. The second-order valence-corrected chi connectivity index (χ2v) is 5.41. The van der Waals surface area contributed by atoms with Crippen molar-refractivity contribution in [3.8, 4) is 11.5 Å². The Kier molecular flexibility index (Phi) is 5.04. The summed E-state index contributed by atoms with van der Waals surface area (Å²) in [7, 11) is 1.64. The Balaban J connectivity index is 2.06. The summed E-state index contributed by atoms with van der Waals surface area (Å²) in [4.78, 5) is 2.25. The Hall–Kier alpha value is -1.52. The van der Waals surface area contributed by atoms with Gasteiger partial charge in [0.25, 0.3) is 0 Å². The van der Waals surface area contributed by atoms with Gasteiger partial charge >= 0.3 is 0 Å². The van der Waals surface area contributed by atoms with E-state index < -0.39 is 0 Å². The molecule has 0 unspecified atom stereocenters. The molecule has 1 N–H and O–H groups in total. The van der Waals surface area contributed by atoms with Crippen molar-refractivity contribution in [2.75, 3.05) is 26.8 Å². The van der Waals surface area contributed by atoms with Crippen molar-refractivity contribution in [3.63, 3.8) is 0 Å². The van der Waals surface area contributed by atoms with Gasteiger partial charge in [0.05, 0.1) is 13.2 Å². The minimum Gasteiger partial charge on any atom is -0.493 e. The van der Waals surface area contributed by atoms with Gasteiger partial charge in [0.1, 0.15) is 6.61 Å². The second-order valence-electron chi connectivity index (χ2n) is 5.41. The zero-order valence-corrected chi connectivity index (χ0v) is 12.3. The average molecular weight is 277 g/mol. The molecule has 4 heteroatoms. The minimum absolute atomic E-state index is 0.188. The standard InChI is InChI=1S/C16H23NO3/c1-12(2)11-20-16-8-13(4-5-15(16)19-3)9-17-7-6-14(18)10-17/h4-5,8,14,18H,1,6-7,9-11H2,2-3H3/t14-/m1/s1. The smallest absolute Gasteiger partial charge is 0.161 e. The highest BCUT2D eigenvalue weighted by molar-refractivity contribution is 5.43. The quantitative estimate of drug-likeness (QED) is 0.810. The molecule has 1 saturated heterocycles. The maximum atomic E-state index is 9.56. The van der Waals surface area contributed by atoms with E-state index in [1.807, 2.05) is 25.1 Å². The zero-order valence-electron chi connectivity index (χ0n) is 12.3. The number of aliphatic hydroxyl groups excluding tert-OH is 1. The summed E-state index contributed by atoms with van der Waals surface area (Å²) >= 11 is 0. The monoisotopic (exact) mass is 277 g/mol. The fraction of sp³-hybridized carbons (Fsp3) is 0.500. The lowest BCUT2D eigenvalue weighted by molar-refractivity contribution is 0.174. The highest BCUT2D eigenvalue weighted by Gasteiger charge is 2.20. The van der Waals surface area contributed by atoms with Crippen molar-refractivity contribution in [1.82, 2.24) is 4.90 Å². The maximum absolute atomic E-state index is 9.56. The number of likely N-dealkylation sites (tertiary alicyclic amines) is 1. The Morgan fingerprint density at radius 1 is 1.45 bits per heavy atom. The highest BCUT2D eigenvalue weighted by Crippen LogP contribution is 2.29. The van der Waals surface area contributed by atoms with Gasteiger partial charge in [-0.2, -0.15) is 0 Å². The molecule has 0 saturated carbocycles. The Morgan fingerprint density at radius 2 is 2.25 bits per heavy atom. The molecule has 110 valence electrons. The van der Waals surface area contributed by atoms with Gasteiger partial charge in [-0.25, -0.2) is 0 Å². The van der Waals surface area contributed by atoms with Gasteiger partial charge in [0.15, 0.2) is 11.5 Å². The van der Waals surface area contributed by atoms with Crippen molar-refractivity contribution in [1.29, 1.82) is 0 Å². The van der Waals surface area contributed by atoms with E-state index in [1.165, 1.54) is 0 Å². The van der Waals surface area contributed by atoms with Crippen LogP contribution in [0.3, 0.4) is 0 Å². The van der Waals surface area contributed by atoms with E-state index >= 15 is 0 Å². The normalized spacial score (nSPS) is 19.1. The number of nitrogens with zero attached hydrogens (tertiary/aromatic N) is 1. The van der Waals surface area contributed by atoms with Crippen LogP contribution in [-0.2, 0) is 6.54 Å². The first-order valence-corrected chi connectivity index (χ1v) is 6.93. The maximum Gasteiger partial charge on any atom is 0.161 e. The Morgan fingerprint density at radius 3 is 2.85 bits per heavy atom. The van der Waals surface area contributed by atoms with Gasteiger partial charge in [0.2, 0.25) is 0 Å². The van der Waals surface area contributed by atoms with Crippen molar-refractivity contribution in [2.45, 2.75) is 26.0 Å². The molecule has 4 nitrogen and oxygen atoms in total. The molecule has 1 fully saturated rings. The molecule has 0 radical (unpaired) electrons. The van der Waals surface area contributed by atoms with Gasteiger partial charge in [0, 0.05) is 19.6 Å². The molecule has 1 heterocycles. The number of methoxy groups -OCH3 is 1. The van der Waals surface area contributed by atoms with Gasteiger partial charge in [-0.1, -0.05) is 12.6 Å². The van der Waals surface area contributed by atoms with Crippen LogP contribution in [0, 0.1) is 0 Å². The summed E-state index contributed by atoms with van der Waals surface area (Å²) in [5, 5.41) is 9.56. The highest BCUT2D eigenvalue weighted by atomic mass is 16.5. The summed E-state index contributed by atoms with van der Waals surface area (Å²) in [6, 6.07) is 5.97. The van der Waals surface area contributed by atoms with Crippen LogP contribution >= 0.6 is 0 Å². The molecule has 0 aliphatic carbocycles. The summed E-state index contributed by atoms with van der Waals surface area (Å²) in [6.45, 7) is 8.77. The lowest BCUT2D eigenvalue weighted by Crippen LogP contribution is -2.21. The summed E-state index contributed by atoms with van der Waals surface area (Å²) in [6.07, 6.45) is 0.669. The molecule has 20 heavy (non-hydrogen) atoms. The van der Waals surface area contributed by atoms with E-state index in [-0.39, 0.29) is 6.10 Å². The van der Waals surface area contributed by atoms with Crippen LogP contribution in [0.4, 0.5) is 0 Å². The fourth-order valence-corrected chi connectivity index (χ4v) is 2.35. The molecule has 0 bridgehead atoms. The van der Waals surface area contributed by atoms with E-state index in [0.29, 0.717) is 6.61 Å². The first-order valence-electron chi connectivity index (χ1n) is 6.93. The topological polar surface area (TPSA) is 41.9 Å². The molecule has 1 aromatic carbocycles. The fourth-order valence-electron chi connectivity index (χ4n) is 2.35. The summed E-state index contributed by atoms with van der Waals surface area (Å²) < 4.78 is 11.0. The van der Waals surface area contributed by atoms with Crippen LogP contribution in [-0.4, -0.2) is 42.9 Å². The number of β-amino-alcohol motifs (C(OH)–C–C–N with tert-alkyl or cyclic N) is 1. The number of ether oxygens (including phenoxy) is 2. The molecule has 1 atom stereocenters. The largest absolute Gasteiger partial charge is 0.493 e. The number of benzene rings is 1. The first-order chi connectivity index (χ1) is 9.58. The predicted molar refractivity (Wildman–Crippen MR) is 79.2 cm³/mol. The van der Waals surface area contributed by atoms with E-state index in [0.717, 1.165) is 48.7 Å². The molecule has 1 aromatic rings. The number of hydrogen-bond acceptors (Lipinski definition) is 4. The van der Waals surface area contributed by atoms with Crippen LogP contribution in [0.1, 0.15) is 18.9 Å². The molecule has 0 amide bonds. The SMILES string of the molecule is C=C(C)COc1cc(CN2CC[C@@H](O)C2)ccc1OC. The predicted octanol–water partition coefficient (Wildman–Crippen LogP) is 2.22. The third kappa shape index (κ3) is 3.99. The molecular formula is C16H23NO3. The molecule has 0 spiro atoms. The molecule has 2 rings (SSSR count). The third-order valence-corrected chi connectivity index (χ3v) is 3.36. The van der Waals surface area contributed by atoms with Gasteiger partial charge in [-0.05, 0) is 36.6 Å². The number of aliphatic hydroxyl groups is 1. The van der Waals surface area contributed by atoms with Crippen LogP contribution in [0.25, 0.3) is 0 Å². The summed E-state index contributed by atoms with van der Waals surface area (Å²) in [5.74, 6) is 1.48. The van der Waals surface area contributed by atoms with E-state index in [2.05, 4.69) is 11.5 Å². The number of hydrogen-bond donors (Lipinski definition) is 1. The van der Waals surface area contributed by atoms with Gasteiger partial charge < -0.3 is 14.6 Å². The van der Waals surface area contributed by atoms with E-state index in [4.69, 9.17) is 9.47 Å². The van der Waals surface area contributed by atoms with Gasteiger partial charge in [-0.3, -0.25) is 4.90 Å². The van der Waals surface area contributed by atoms with Crippen LogP contribution in [0.15, 0.2) is 30.4 Å². The number of rotatable bonds is 6. The van der Waals surface area contributed by atoms with E-state index in [1.54, 1.807) is 7.11 Å². The summed E-state index contributed by atoms with van der Waals surface area (Å²) in [5.41, 5.74) is 2.14. The lowest BCUT2D eigenvalue weighted by atomic mass is 10.2. The van der Waals surface area contributed by atoms with Crippen LogP contribution < -0.4 is 9.47 Å². The second kappa shape index (κ2) is 6.77. The Bertz CT molecular complexity index is 473. The minimum atomic E-state index is -0.188. The van der Waals surface area contributed by atoms with Crippen molar-refractivity contribution < 1.29 is 14.6 Å². The van der Waals surface area contributed by atoms with Crippen molar-refractivity contribution in [3.05, 3.63) is 35.9 Å². The lowest BCUT2D eigenvalue weighted by Gasteiger charge is -2.17. The third-order valence-electron chi connectivity index (χ3n) is 3.36. The zero-order chi connectivity index (χ0) is 14.5. The van der Waals surface area contributed by atoms with Crippen LogP contribution in [0.5, 0.6) is 11.5 Å². The van der Waals surface area contributed by atoms with Crippen LogP contribution in [0.2, 0.25) is 0 Å². The molecule has 1 aliphatic rings. The van der Waals surface area contributed by atoms with Crippen molar-refractivity contribution >= 4 is 0 Å². The first kappa shape index (κ1) is 14.9. The molecule has 0 aromatic heterocycles. The van der Waals surface area contributed by atoms with Crippen molar-refractivity contribution in [2.24, 2.45) is 0 Å². The Labute approximate surface area is 120 Å². The van der Waals surface area contributed by atoms with E-state index in [9.17, 15) is 5.11 Å².